The van der Waals surface area contributed by atoms with Crippen LogP contribution in [-0.2, 0) is 19.1 Å². The second kappa shape index (κ2) is 6.64. The first-order valence-electron chi connectivity index (χ1n) is 5.27. The van der Waals surface area contributed by atoms with Crippen molar-refractivity contribution in [3.8, 4) is 0 Å². The van der Waals surface area contributed by atoms with Crippen LogP contribution in [0.15, 0.2) is 0 Å². The largest absolute Gasteiger partial charge is 0.455 e. The molecule has 18 heavy (non-hydrogen) atoms. The minimum absolute atomic E-state index is 0.322. The van der Waals surface area contributed by atoms with Crippen molar-refractivity contribution >= 4 is 11.9 Å². The first-order chi connectivity index (χ1) is 8.13. The Kier molecular flexibility index (Phi) is 6.19. The Bertz CT molecular complexity index is 273. The number of carbonyl (C=O) groups is 2. The molecule has 0 rings (SSSR count). The highest BCUT2D eigenvalue weighted by Gasteiger charge is 2.26. The van der Waals surface area contributed by atoms with Gasteiger partial charge in [-0.3, -0.25) is 0 Å². The Morgan fingerprint density at radius 1 is 0.944 bits per heavy atom. The van der Waals surface area contributed by atoms with Crippen molar-refractivity contribution in [2.24, 2.45) is 11.5 Å². The molecule has 0 saturated carbocycles. The van der Waals surface area contributed by atoms with Crippen LogP contribution < -0.4 is 11.5 Å². The number of aliphatic hydroxyl groups is 2. The summed E-state index contributed by atoms with van der Waals surface area (Å²) in [5.41, 5.74) is 8.75. The molecule has 0 amide bonds. The molecule has 0 fully saturated rings. The molecule has 0 saturated heterocycles. The first kappa shape index (κ1) is 16.8. The van der Waals surface area contributed by atoms with Crippen LogP contribution in [0.2, 0.25) is 0 Å². The second-order valence-electron chi connectivity index (χ2n) is 4.78. The van der Waals surface area contributed by atoms with Crippen molar-refractivity contribution < 1.29 is 29.3 Å². The SMILES string of the molecule is CC(N)(CO)COC(=O)C(=O)OCC(C)(N)CO. The molecule has 0 aliphatic carbocycles. The van der Waals surface area contributed by atoms with Crippen molar-refractivity contribution in [1.82, 2.24) is 0 Å². The van der Waals surface area contributed by atoms with E-state index in [9.17, 15) is 9.59 Å². The van der Waals surface area contributed by atoms with E-state index in [1.807, 2.05) is 0 Å². The van der Waals surface area contributed by atoms with Crippen LogP contribution >= 0.6 is 0 Å². The van der Waals surface area contributed by atoms with Crippen LogP contribution in [0.1, 0.15) is 13.8 Å². The summed E-state index contributed by atoms with van der Waals surface area (Å²) in [6.45, 7) is 1.46. The average molecular weight is 264 g/mol. The molecule has 8 nitrogen and oxygen atoms in total. The van der Waals surface area contributed by atoms with Gasteiger partial charge in [0, 0.05) is 0 Å². The maximum Gasteiger partial charge on any atom is 0.417 e. The predicted molar refractivity (Wildman–Crippen MR) is 61.3 cm³/mol. The molecule has 0 spiro atoms. The van der Waals surface area contributed by atoms with E-state index in [0.29, 0.717) is 0 Å². The summed E-state index contributed by atoms with van der Waals surface area (Å²) in [7, 11) is 0. The molecule has 0 radical (unpaired) electrons. The molecule has 106 valence electrons. The van der Waals surface area contributed by atoms with Gasteiger partial charge in [0.15, 0.2) is 0 Å². The van der Waals surface area contributed by atoms with Crippen molar-refractivity contribution in [3.05, 3.63) is 0 Å². The summed E-state index contributed by atoms with van der Waals surface area (Å²) in [5, 5.41) is 17.6. The number of hydrogen-bond acceptors (Lipinski definition) is 8. The Labute approximate surface area is 105 Å². The second-order valence-corrected chi connectivity index (χ2v) is 4.78. The lowest BCUT2D eigenvalue weighted by atomic mass is 10.1. The summed E-state index contributed by atoms with van der Waals surface area (Å²) < 4.78 is 9.11. The third-order valence-corrected chi connectivity index (χ3v) is 1.96. The zero-order valence-corrected chi connectivity index (χ0v) is 10.5. The topological polar surface area (TPSA) is 145 Å². The quantitative estimate of drug-likeness (QED) is 0.304. The predicted octanol–water partition coefficient (Wildman–Crippen LogP) is -2.51. The van der Waals surface area contributed by atoms with Crippen LogP contribution in [0, 0.1) is 0 Å². The van der Waals surface area contributed by atoms with Gasteiger partial charge in [0.05, 0.1) is 24.3 Å². The van der Waals surface area contributed by atoms with E-state index in [0.717, 1.165) is 0 Å². The van der Waals surface area contributed by atoms with Gasteiger partial charge in [-0.2, -0.15) is 0 Å². The maximum absolute atomic E-state index is 11.2. The zero-order valence-electron chi connectivity index (χ0n) is 10.5. The van der Waals surface area contributed by atoms with E-state index in [1.165, 1.54) is 13.8 Å². The third kappa shape index (κ3) is 6.50. The van der Waals surface area contributed by atoms with Gasteiger partial charge in [0.2, 0.25) is 0 Å². The van der Waals surface area contributed by atoms with Crippen molar-refractivity contribution in [3.63, 3.8) is 0 Å². The van der Waals surface area contributed by atoms with Gasteiger partial charge in [-0.15, -0.1) is 0 Å². The fourth-order valence-corrected chi connectivity index (χ4v) is 0.670. The fraction of sp³-hybridized carbons (Fsp3) is 0.800. The van der Waals surface area contributed by atoms with E-state index in [-0.39, 0.29) is 13.2 Å². The Balaban J connectivity index is 4.09. The highest BCUT2D eigenvalue weighted by atomic mass is 16.6. The highest BCUT2D eigenvalue weighted by molar-refractivity contribution is 6.29. The Hall–Kier alpha value is -1.22. The summed E-state index contributed by atoms with van der Waals surface area (Å²) >= 11 is 0. The minimum atomic E-state index is -1.23. The lowest BCUT2D eigenvalue weighted by Crippen LogP contribution is -2.47. The average Bonchev–Trinajstić information content (AvgIpc) is 2.33. The molecule has 6 N–H and O–H groups in total. The summed E-state index contributed by atoms with van der Waals surface area (Å²) in [6.07, 6.45) is 0. The van der Waals surface area contributed by atoms with Gasteiger partial charge < -0.3 is 31.2 Å². The molecule has 2 unspecified atom stereocenters. The monoisotopic (exact) mass is 264 g/mol. The number of nitrogens with two attached hydrogens (primary N) is 2. The van der Waals surface area contributed by atoms with Gasteiger partial charge in [0.25, 0.3) is 0 Å². The lowest BCUT2D eigenvalue weighted by molar-refractivity contribution is -0.170. The molecule has 0 aromatic heterocycles. The molecular formula is C10H20N2O6. The van der Waals surface area contributed by atoms with E-state index in [4.69, 9.17) is 21.7 Å². The number of rotatable bonds is 6. The van der Waals surface area contributed by atoms with Gasteiger partial charge in [-0.25, -0.2) is 9.59 Å². The number of aliphatic hydroxyl groups excluding tert-OH is 2. The van der Waals surface area contributed by atoms with E-state index >= 15 is 0 Å². The normalized spacial score (nSPS) is 17.4. The molecule has 0 heterocycles. The van der Waals surface area contributed by atoms with Crippen LogP contribution in [0.5, 0.6) is 0 Å². The molecular weight excluding hydrogens is 244 g/mol. The van der Waals surface area contributed by atoms with Crippen molar-refractivity contribution in [1.29, 1.82) is 0 Å². The minimum Gasteiger partial charge on any atom is -0.455 e. The van der Waals surface area contributed by atoms with E-state index < -0.39 is 36.2 Å². The van der Waals surface area contributed by atoms with Crippen LogP contribution in [0.25, 0.3) is 0 Å². The van der Waals surface area contributed by atoms with Crippen LogP contribution in [0.4, 0.5) is 0 Å². The number of ether oxygens (including phenoxy) is 2. The molecule has 2 atom stereocenters. The standard InChI is InChI=1S/C10H20N2O6/c1-9(11,3-13)5-17-7(15)8(16)18-6-10(2,12)4-14/h13-14H,3-6,11-12H2,1-2H3. The van der Waals surface area contributed by atoms with Gasteiger partial charge >= 0.3 is 11.9 Å². The molecule has 0 aliphatic rings. The molecule has 0 aliphatic heterocycles. The fourth-order valence-electron chi connectivity index (χ4n) is 0.670. The summed E-state index contributed by atoms with van der Waals surface area (Å²) in [4.78, 5) is 22.3. The zero-order chi connectivity index (χ0) is 14.4. The third-order valence-electron chi connectivity index (χ3n) is 1.96. The molecule has 0 aromatic carbocycles. The number of esters is 2. The maximum atomic E-state index is 11.2. The molecule has 0 aromatic rings. The molecule has 0 bridgehead atoms. The van der Waals surface area contributed by atoms with Crippen LogP contribution in [-0.4, -0.2) is 59.7 Å². The highest BCUT2D eigenvalue weighted by Crippen LogP contribution is 2.01. The van der Waals surface area contributed by atoms with E-state index in [1.54, 1.807) is 0 Å². The number of hydrogen-bond donors (Lipinski definition) is 4. The number of carbonyl (C=O) groups excluding carboxylic acids is 2. The molecule has 8 heteroatoms. The van der Waals surface area contributed by atoms with Crippen LogP contribution in [0.3, 0.4) is 0 Å². The van der Waals surface area contributed by atoms with Gasteiger partial charge in [-0.1, -0.05) is 0 Å². The van der Waals surface area contributed by atoms with E-state index in [2.05, 4.69) is 9.47 Å². The Morgan fingerprint density at radius 3 is 1.44 bits per heavy atom. The van der Waals surface area contributed by atoms with Gasteiger partial charge in [-0.05, 0) is 13.8 Å². The van der Waals surface area contributed by atoms with Crippen molar-refractivity contribution in [2.45, 2.75) is 24.9 Å². The Morgan fingerprint density at radius 2 is 1.22 bits per heavy atom. The summed E-state index contributed by atoms with van der Waals surface area (Å²) in [6, 6.07) is 0. The smallest absolute Gasteiger partial charge is 0.417 e. The van der Waals surface area contributed by atoms with Gasteiger partial charge in [0.1, 0.15) is 13.2 Å². The van der Waals surface area contributed by atoms with Crippen molar-refractivity contribution in [2.75, 3.05) is 26.4 Å². The summed E-state index contributed by atoms with van der Waals surface area (Å²) in [5.74, 6) is -2.46. The lowest BCUT2D eigenvalue weighted by Gasteiger charge is -2.22. The first-order valence-corrected chi connectivity index (χ1v) is 5.27.